The van der Waals surface area contributed by atoms with E-state index in [4.69, 9.17) is 11.6 Å². The van der Waals surface area contributed by atoms with Crippen molar-refractivity contribution in [1.82, 2.24) is 5.32 Å². The number of rotatable bonds is 1. The van der Waals surface area contributed by atoms with Crippen molar-refractivity contribution in [2.45, 2.75) is 25.0 Å². The predicted octanol–water partition coefficient (Wildman–Crippen LogP) is 2.33. The van der Waals surface area contributed by atoms with E-state index < -0.39 is 0 Å². The Hall–Kier alpha value is -0.280. The lowest BCUT2D eigenvalue weighted by Crippen LogP contribution is -2.41. The van der Waals surface area contributed by atoms with Gasteiger partial charge < -0.3 is 10.4 Å². The van der Waals surface area contributed by atoms with Crippen LogP contribution < -0.4 is 5.32 Å². The lowest BCUT2D eigenvalue weighted by Gasteiger charge is -2.29. The van der Waals surface area contributed by atoms with E-state index in [9.17, 15) is 5.11 Å². The van der Waals surface area contributed by atoms with Gasteiger partial charge in [-0.3, -0.25) is 0 Å². The van der Waals surface area contributed by atoms with Crippen LogP contribution >= 0.6 is 24.0 Å². The second kappa shape index (κ2) is 4.71. The van der Waals surface area contributed by atoms with Crippen LogP contribution in [0.15, 0.2) is 24.3 Å². The maximum atomic E-state index is 9.89. The highest BCUT2D eigenvalue weighted by molar-refractivity contribution is 6.30. The summed E-state index contributed by atoms with van der Waals surface area (Å²) in [6.07, 6.45) is 0.462. The zero-order valence-electron chi connectivity index (χ0n) is 8.53. The number of hydrogen-bond donors (Lipinski definition) is 2. The Kier molecular flexibility index (Phi) is 4.01. The summed E-state index contributed by atoms with van der Waals surface area (Å²) in [5.41, 5.74) is 0.709. The van der Waals surface area contributed by atoms with Gasteiger partial charge in [0, 0.05) is 5.02 Å². The highest BCUT2D eigenvalue weighted by Crippen LogP contribution is 2.31. The summed E-state index contributed by atoms with van der Waals surface area (Å²) >= 11 is 5.92. The summed E-state index contributed by atoms with van der Waals surface area (Å²) in [5, 5.41) is 13.9. The summed E-state index contributed by atoms with van der Waals surface area (Å²) in [5.74, 6) is 0. The fourth-order valence-corrected chi connectivity index (χ4v) is 2.17. The second-order valence-electron chi connectivity index (χ2n) is 3.94. The number of benzene rings is 1. The van der Waals surface area contributed by atoms with Gasteiger partial charge in [-0.1, -0.05) is 23.7 Å². The molecule has 2 N–H and O–H groups in total. The van der Waals surface area contributed by atoms with E-state index >= 15 is 0 Å². The molecular weight excluding hydrogens is 233 g/mol. The normalized spacial score (nSPS) is 29.9. The number of hydrogen-bond acceptors (Lipinski definition) is 2. The monoisotopic (exact) mass is 247 g/mol. The van der Waals surface area contributed by atoms with Gasteiger partial charge in [0.1, 0.15) is 0 Å². The Balaban J connectivity index is 0.00000112. The van der Waals surface area contributed by atoms with Crippen molar-refractivity contribution >= 4 is 24.0 Å². The minimum absolute atomic E-state index is 0. The van der Waals surface area contributed by atoms with Crippen molar-refractivity contribution < 1.29 is 5.11 Å². The fraction of sp³-hybridized carbons (Fsp3) is 0.455. The van der Waals surface area contributed by atoms with E-state index in [0.717, 1.165) is 18.5 Å². The molecule has 2 unspecified atom stereocenters. The van der Waals surface area contributed by atoms with Gasteiger partial charge in [0.25, 0.3) is 0 Å². The highest BCUT2D eigenvalue weighted by atomic mass is 35.5. The molecule has 0 bridgehead atoms. The van der Waals surface area contributed by atoms with E-state index in [1.54, 1.807) is 0 Å². The molecule has 84 valence electrons. The molecule has 1 aromatic carbocycles. The molecule has 1 fully saturated rings. The molecule has 1 aliphatic rings. The van der Waals surface area contributed by atoms with Crippen LogP contribution in [0.25, 0.3) is 0 Å². The van der Waals surface area contributed by atoms with Crippen LogP contribution in [0, 0.1) is 0 Å². The average Bonchev–Trinajstić information content (AvgIpc) is 2.49. The van der Waals surface area contributed by atoms with Crippen molar-refractivity contribution in [3.63, 3.8) is 0 Å². The fourth-order valence-electron chi connectivity index (χ4n) is 1.98. The molecule has 0 aliphatic carbocycles. The first kappa shape index (κ1) is 12.8. The first-order chi connectivity index (χ1) is 6.63. The van der Waals surface area contributed by atoms with Crippen LogP contribution in [0.4, 0.5) is 0 Å². The van der Waals surface area contributed by atoms with Gasteiger partial charge >= 0.3 is 0 Å². The van der Waals surface area contributed by atoms with Gasteiger partial charge in [-0.05, 0) is 37.6 Å². The van der Waals surface area contributed by atoms with Crippen LogP contribution in [0.3, 0.4) is 0 Å². The molecule has 4 heteroatoms. The van der Waals surface area contributed by atoms with Gasteiger partial charge in [-0.2, -0.15) is 0 Å². The predicted molar refractivity (Wildman–Crippen MR) is 64.7 cm³/mol. The smallest absolute Gasteiger partial charge is 0.0772 e. The molecule has 1 aliphatic heterocycles. The van der Waals surface area contributed by atoms with Crippen molar-refractivity contribution in [2.75, 3.05) is 6.54 Å². The quantitative estimate of drug-likeness (QED) is 0.799. The van der Waals surface area contributed by atoms with Gasteiger partial charge in [0.05, 0.1) is 11.6 Å². The number of aliphatic hydroxyl groups excluding tert-OH is 1. The number of aliphatic hydroxyl groups is 1. The largest absolute Gasteiger partial charge is 0.391 e. The van der Waals surface area contributed by atoms with Gasteiger partial charge in [0.2, 0.25) is 0 Å². The maximum Gasteiger partial charge on any atom is 0.0772 e. The molecule has 0 radical (unpaired) electrons. The molecule has 1 saturated heterocycles. The number of nitrogens with one attached hydrogen (secondary N) is 1. The second-order valence-corrected chi connectivity index (χ2v) is 4.38. The van der Waals surface area contributed by atoms with Crippen LogP contribution in [0.5, 0.6) is 0 Å². The van der Waals surface area contributed by atoms with E-state index in [1.165, 1.54) is 0 Å². The topological polar surface area (TPSA) is 32.3 Å². The van der Waals surface area contributed by atoms with Crippen molar-refractivity contribution in [2.24, 2.45) is 0 Å². The minimum Gasteiger partial charge on any atom is -0.391 e. The van der Waals surface area contributed by atoms with E-state index in [0.29, 0.717) is 5.02 Å². The molecule has 0 saturated carbocycles. The molecule has 2 atom stereocenters. The zero-order valence-corrected chi connectivity index (χ0v) is 10.1. The minimum atomic E-state index is -0.342. The van der Waals surface area contributed by atoms with Gasteiger partial charge in [-0.15, -0.1) is 12.4 Å². The molecule has 1 heterocycles. The van der Waals surface area contributed by atoms with Gasteiger partial charge in [-0.25, -0.2) is 0 Å². The first-order valence-corrected chi connectivity index (χ1v) is 5.20. The third kappa shape index (κ3) is 2.28. The van der Waals surface area contributed by atoms with E-state index in [2.05, 4.69) is 5.32 Å². The highest BCUT2D eigenvalue weighted by Gasteiger charge is 2.38. The van der Waals surface area contributed by atoms with E-state index in [-0.39, 0.29) is 24.0 Å². The standard InChI is InChI=1S/C11H14ClNO.ClH/c1-11(10(14)5-6-13-11)8-3-2-4-9(12)7-8;/h2-4,7,10,13-14H,5-6H2,1H3;1H. The summed E-state index contributed by atoms with van der Waals surface area (Å²) in [7, 11) is 0. The maximum absolute atomic E-state index is 9.89. The molecule has 2 nitrogen and oxygen atoms in total. The van der Waals surface area contributed by atoms with Gasteiger partial charge in [0.15, 0.2) is 0 Å². The lowest BCUT2D eigenvalue weighted by molar-refractivity contribution is 0.107. The zero-order chi connectivity index (χ0) is 10.2. The molecule has 0 aromatic heterocycles. The summed E-state index contributed by atoms with van der Waals surface area (Å²) in [4.78, 5) is 0. The summed E-state index contributed by atoms with van der Waals surface area (Å²) in [6, 6.07) is 7.65. The Morgan fingerprint density at radius 3 is 2.80 bits per heavy atom. The molecule has 2 rings (SSSR count). The summed E-state index contributed by atoms with van der Waals surface area (Å²) in [6.45, 7) is 2.86. The van der Waals surface area contributed by atoms with Crippen molar-refractivity contribution in [1.29, 1.82) is 0 Å². The van der Waals surface area contributed by atoms with Crippen LogP contribution in [0.1, 0.15) is 18.9 Å². The Bertz CT molecular complexity index is 345. The first-order valence-electron chi connectivity index (χ1n) is 4.82. The summed E-state index contributed by atoms with van der Waals surface area (Å²) < 4.78 is 0. The Morgan fingerprint density at radius 2 is 2.27 bits per heavy atom. The van der Waals surface area contributed by atoms with E-state index in [1.807, 2.05) is 31.2 Å². The lowest BCUT2D eigenvalue weighted by atomic mass is 9.88. The molecule has 0 amide bonds. The van der Waals surface area contributed by atoms with Crippen molar-refractivity contribution in [3.05, 3.63) is 34.9 Å². The molecular formula is C11H15Cl2NO. The van der Waals surface area contributed by atoms with Crippen molar-refractivity contribution in [3.8, 4) is 0 Å². The number of halogens is 2. The van der Waals surface area contributed by atoms with Crippen LogP contribution in [-0.4, -0.2) is 17.8 Å². The Labute approximate surface area is 101 Å². The van der Waals surface area contributed by atoms with Crippen LogP contribution in [-0.2, 0) is 5.54 Å². The SMILES string of the molecule is CC1(c2cccc(Cl)c2)NCCC1O.Cl. The molecule has 15 heavy (non-hydrogen) atoms. The molecule has 1 aromatic rings. The Morgan fingerprint density at radius 1 is 1.53 bits per heavy atom. The average molecular weight is 248 g/mol. The third-order valence-corrected chi connectivity index (χ3v) is 3.24. The molecule has 0 spiro atoms. The van der Waals surface area contributed by atoms with Crippen LogP contribution in [0.2, 0.25) is 5.02 Å². The third-order valence-electron chi connectivity index (χ3n) is 3.00.